The Balaban J connectivity index is 2.97. The van der Waals surface area contributed by atoms with E-state index in [2.05, 4.69) is 20.9 Å². The van der Waals surface area contributed by atoms with E-state index in [9.17, 15) is 13.2 Å². The zero-order chi connectivity index (χ0) is 12.3. The Morgan fingerprint density at radius 1 is 1.44 bits per heavy atom. The molecule has 1 aromatic rings. The van der Waals surface area contributed by atoms with E-state index in [1.165, 1.54) is 6.07 Å². The minimum atomic E-state index is -4.63. The lowest BCUT2D eigenvalue weighted by atomic mass is 10.2. The standard InChI is InChI=1S/C9H7BrF3N3/c10-8-3-1-2-6(16-8)5(14)4-7(15)9(11,12)13/h1-4,14H,15H2. The van der Waals surface area contributed by atoms with Gasteiger partial charge in [0.1, 0.15) is 10.3 Å². The van der Waals surface area contributed by atoms with Crippen LogP contribution in [0.1, 0.15) is 5.69 Å². The highest BCUT2D eigenvalue weighted by atomic mass is 79.9. The molecule has 1 heterocycles. The molecule has 0 atom stereocenters. The van der Waals surface area contributed by atoms with Crippen LogP contribution in [-0.2, 0) is 0 Å². The number of nitrogens with one attached hydrogen (secondary N) is 1. The molecular formula is C9H7BrF3N3. The maximum absolute atomic E-state index is 12.1. The van der Waals surface area contributed by atoms with Gasteiger partial charge in [-0.25, -0.2) is 4.98 Å². The topological polar surface area (TPSA) is 62.8 Å². The average Bonchev–Trinajstić information content (AvgIpc) is 2.16. The predicted molar refractivity (Wildman–Crippen MR) is 57.1 cm³/mol. The van der Waals surface area contributed by atoms with Crippen LogP contribution in [0.25, 0.3) is 0 Å². The number of nitrogens with zero attached hydrogens (tertiary/aromatic N) is 1. The van der Waals surface area contributed by atoms with Crippen LogP contribution in [0.5, 0.6) is 0 Å². The molecule has 16 heavy (non-hydrogen) atoms. The fourth-order valence-electron chi connectivity index (χ4n) is 0.870. The number of allylic oxidation sites excluding steroid dienone is 2. The number of pyridine rings is 1. The summed E-state index contributed by atoms with van der Waals surface area (Å²) in [5.74, 6) is 0. The van der Waals surface area contributed by atoms with Crippen molar-refractivity contribution in [1.29, 1.82) is 5.41 Å². The Kier molecular flexibility index (Phi) is 3.69. The van der Waals surface area contributed by atoms with Crippen LogP contribution >= 0.6 is 15.9 Å². The van der Waals surface area contributed by atoms with E-state index in [1.54, 1.807) is 12.1 Å². The van der Waals surface area contributed by atoms with Gasteiger partial charge in [0.05, 0.1) is 11.4 Å². The summed E-state index contributed by atoms with van der Waals surface area (Å²) < 4.78 is 36.7. The van der Waals surface area contributed by atoms with Crippen molar-refractivity contribution in [2.45, 2.75) is 6.18 Å². The van der Waals surface area contributed by atoms with Crippen molar-refractivity contribution in [1.82, 2.24) is 4.98 Å². The van der Waals surface area contributed by atoms with Crippen LogP contribution in [0.15, 0.2) is 34.6 Å². The van der Waals surface area contributed by atoms with Gasteiger partial charge in [-0.2, -0.15) is 13.2 Å². The van der Waals surface area contributed by atoms with Gasteiger partial charge in [-0.05, 0) is 34.1 Å². The van der Waals surface area contributed by atoms with Crippen molar-refractivity contribution in [2.75, 3.05) is 0 Å². The predicted octanol–water partition coefficient (Wildman–Crippen LogP) is 2.62. The van der Waals surface area contributed by atoms with Gasteiger partial charge in [-0.15, -0.1) is 0 Å². The summed E-state index contributed by atoms with van der Waals surface area (Å²) in [7, 11) is 0. The first-order chi connectivity index (χ1) is 7.30. The molecule has 0 aliphatic carbocycles. The summed E-state index contributed by atoms with van der Waals surface area (Å²) in [6, 6.07) is 4.60. The molecular weight excluding hydrogens is 287 g/mol. The Morgan fingerprint density at radius 3 is 2.56 bits per heavy atom. The maximum Gasteiger partial charge on any atom is 0.430 e. The van der Waals surface area contributed by atoms with E-state index < -0.39 is 17.6 Å². The number of alkyl halides is 3. The van der Waals surface area contributed by atoms with Crippen molar-refractivity contribution < 1.29 is 13.2 Å². The van der Waals surface area contributed by atoms with Gasteiger partial charge in [-0.3, -0.25) is 5.41 Å². The highest BCUT2D eigenvalue weighted by Gasteiger charge is 2.31. The van der Waals surface area contributed by atoms with Gasteiger partial charge in [-0.1, -0.05) is 6.07 Å². The molecule has 3 N–H and O–H groups in total. The van der Waals surface area contributed by atoms with E-state index in [-0.39, 0.29) is 5.69 Å². The van der Waals surface area contributed by atoms with Gasteiger partial charge in [0.25, 0.3) is 0 Å². The van der Waals surface area contributed by atoms with Gasteiger partial charge in [0.2, 0.25) is 0 Å². The maximum atomic E-state index is 12.1. The van der Waals surface area contributed by atoms with Crippen LogP contribution in [0.3, 0.4) is 0 Å². The lowest BCUT2D eigenvalue weighted by Crippen LogP contribution is -2.20. The Labute approximate surface area is 97.8 Å². The van der Waals surface area contributed by atoms with Gasteiger partial charge < -0.3 is 5.73 Å². The molecule has 86 valence electrons. The van der Waals surface area contributed by atoms with Crippen molar-refractivity contribution in [3.8, 4) is 0 Å². The number of halogens is 4. The third kappa shape index (κ3) is 3.34. The molecule has 0 radical (unpaired) electrons. The molecule has 1 rings (SSSR count). The molecule has 7 heteroatoms. The summed E-state index contributed by atoms with van der Waals surface area (Å²) in [6.07, 6.45) is -4.09. The molecule has 0 aromatic carbocycles. The SMILES string of the molecule is N=C(C=C(N)C(F)(F)F)c1cccc(Br)n1. The van der Waals surface area contributed by atoms with E-state index in [0.717, 1.165) is 0 Å². The highest BCUT2D eigenvalue weighted by Crippen LogP contribution is 2.21. The normalized spacial score (nSPS) is 12.6. The summed E-state index contributed by atoms with van der Waals surface area (Å²) in [5.41, 5.74) is 3.18. The lowest BCUT2D eigenvalue weighted by Gasteiger charge is -2.06. The molecule has 0 fully saturated rings. The molecule has 0 unspecified atom stereocenters. The molecule has 0 saturated carbocycles. The average molecular weight is 294 g/mol. The summed E-state index contributed by atoms with van der Waals surface area (Å²) in [4.78, 5) is 3.83. The van der Waals surface area contributed by atoms with E-state index in [1.807, 2.05) is 0 Å². The van der Waals surface area contributed by atoms with Crippen molar-refractivity contribution in [3.05, 3.63) is 40.3 Å². The number of hydrogen-bond acceptors (Lipinski definition) is 3. The van der Waals surface area contributed by atoms with Crippen molar-refractivity contribution in [3.63, 3.8) is 0 Å². The Morgan fingerprint density at radius 2 is 2.06 bits per heavy atom. The van der Waals surface area contributed by atoms with Crippen LogP contribution in [0.4, 0.5) is 13.2 Å². The Hall–Kier alpha value is -1.37. The van der Waals surface area contributed by atoms with E-state index >= 15 is 0 Å². The number of hydrogen-bond donors (Lipinski definition) is 2. The second kappa shape index (κ2) is 4.65. The fraction of sp³-hybridized carbons (Fsp3) is 0.111. The molecule has 0 aliphatic heterocycles. The smallest absolute Gasteiger partial charge is 0.395 e. The first-order valence-corrected chi connectivity index (χ1v) is 4.86. The Bertz CT molecular complexity index is 440. The van der Waals surface area contributed by atoms with Gasteiger partial charge in [0.15, 0.2) is 0 Å². The molecule has 0 aliphatic rings. The minimum Gasteiger partial charge on any atom is -0.395 e. The number of aromatic nitrogens is 1. The monoisotopic (exact) mass is 293 g/mol. The fourth-order valence-corrected chi connectivity index (χ4v) is 1.21. The third-order valence-electron chi connectivity index (χ3n) is 1.62. The minimum absolute atomic E-state index is 0.113. The van der Waals surface area contributed by atoms with E-state index in [4.69, 9.17) is 11.1 Å². The zero-order valence-corrected chi connectivity index (χ0v) is 9.43. The molecule has 0 saturated heterocycles. The van der Waals surface area contributed by atoms with Crippen molar-refractivity contribution >= 4 is 21.6 Å². The van der Waals surface area contributed by atoms with Gasteiger partial charge >= 0.3 is 6.18 Å². The van der Waals surface area contributed by atoms with Crippen LogP contribution in [0.2, 0.25) is 0 Å². The third-order valence-corrected chi connectivity index (χ3v) is 2.06. The second-order valence-corrected chi connectivity index (χ2v) is 3.67. The number of rotatable bonds is 2. The molecule has 1 aromatic heterocycles. The first kappa shape index (κ1) is 12.7. The zero-order valence-electron chi connectivity index (χ0n) is 7.85. The highest BCUT2D eigenvalue weighted by molar-refractivity contribution is 9.10. The number of nitrogens with two attached hydrogens (primary N) is 1. The molecule has 3 nitrogen and oxygen atoms in total. The summed E-state index contributed by atoms with van der Waals surface area (Å²) >= 11 is 3.05. The van der Waals surface area contributed by atoms with E-state index in [0.29, 0.717) is 10.7 Å². The quantitative estimate of drug-likeness (QED) is 0.650. The molecule has 0 bridgehead atoms. The van der Waals surface area contributed by atoms with Crippen LogP contribution in [-0.4, -0.2) is 16.9 Å². The summed E-state index contributed by atoms with van der Waals surface area (Å²) in [5, 5.41) is 7.40. The summed E-state index contributed by atoms with van der Waals surface area (Å²) in [6.45, 7) is 0. The largest absolute Gasteiger partial charge is 0.430 e. The molecule has 0 amide bonds. The van der Waals surface area contributed by atoms with Crippen LogP contribution < -0.4 is 5.73 Å². The van der Waals surface area contributed by atoms with Crippen molar-refractivity contribution in [2.24, 2.45) is 5.73 Å². The lowest BCUT2D eigenvalue weighted by molar-refractivity contribution is -0.0925. The van der Waals surface area contributed by atoms with Gasteiger partial charge in [0, 0.05) is 0 Å². The molecule has 0 spiro atoms. The second-order valence-electron chi connectivity index (χ2n) is 2.86. The first-order valence-electron chi connectivity index (χ1n) is 4.06. The van der Waals surface area contributed by atoms with Crippen LogP contribution in [0, 0.1) is 5.41 Å².